The number of amides is 3. The number of nitrogens with zero attached hydrogens (tertiary/aromatic N) is 3. The van der Waals surface area contributed by atoms with Gasteiger partial charge in [-0.25, -0.2) is 4.39 Å². The molecule has 7 nitrogen and oxygen atoms in total. The Hall–Kier alpha value is -3.85. The first-order valence-electron chi connectivity index (χ1n) is 12.1. The van der Waals surface area contributed by atoms with Gasteiger partial charge in [0.25, 0.3) is 11.1 Å². The highest BCUT2D eigenvalue weighted by Gasteiger charge is 2.36. The topological polar surface area (TPSA) is 74.7 Å². The Morgan fingerprint density at radius 1 is 1.05 bits per heavy atom. The summed E-state index contributed by atoms with van der Waals surface area (Å²) in [6.07, 6.45) is 1.68. The first-order valence-corrected chi connectivity index (χ1v) is 12.9. The van der Waals surface area contributed by atoms with Crippen LogP contribution in [-0.4, -0.2) is 46.2 Å². The molecular formula is C28H29FN4O3S. The number of aryl methyl sites for hydroxylation is 1. The maximum Gasteiger partial charge on any atom is 0.294 e. The minimum absolute atomic E-state index is 0.00687. The molecule has 1 saturated heterocycles. The Labute approximate surface area is 219 Å². The van der Waals surface area contributed by atoms with Crippen molar-refractivity contribution in [2.45, 2.75) is 27.7 Å². The van der Waals surface area contributed by atoms with Crippen LogP contribution in [0, 0.1) is 19.7 Å². The lowest BCUT2D eigenvalue weighted by Crippen LogP contribution is -2.36. The van der Waals surface area contributed by atoms with Crippen molar-refractivity contribution in [1.82, 2.24) is 9.47 Å². The average molecular weight is 521 g/mol. The number of rotatable bonds is 8. The summed E-state index contributed by atoms with van der Waals surface area (Å²) in [7, 11) is 0. The van der Waals surface area contributed by atoms with Crippen molar-refractivity contribution in [2.24, 2.45) is 0 Å². The van der Waals surface area contributed by atoms with Crippen LogP contribution in [0.1, 0.15) is 30.8 Å². The number of aromatic nitrogens is 1. The fraction of sp³-hybridized carbons (Fsp3) is 0.250. The van der Waals surface area contributed by atoms with E-state index in [-0.39, 0.29) is 10.6 Å². The SMILES string of the molecule is CCN(CC)c1ccc(-n2c(C)cc(/C=C3\SC(=O)N(CC(=O)Nc4ccccc4F)C3=O)c2C)cc1. The lowest BCUT2D eigenvalue weighted by molar-refractivity contribution is -0.127. The number of nitrogens with one attached hydrogen (secondary N) is 1. The molecular weight excluding hydrogens is 491 g/mol. The van der Waals surface area contributed by atoms with Crippen LogP contribution >= 0.6 is 11.8 Å². The molecule has 1 N–H and O–H groups in total. The lowest BCUT2D eigenvalue weighted by Gasteiger charge is -2.21. The van der Waals surface area contributed by atoms with Crippen molar-refractivity contribution in [3.05, 3.63) is 82.3 Å². The third-order valence-corrected chi connectivity index (χ3v) is 7.22. The normalized spacial score (nSPS) is 14.5. The van der Waals surface area contributed by atoms with Crippen molar-refractivity contribution in [3.8, 4) is 5.69 Å². The number of carbonyl (C=O) groups is 3. The van der Waals surface area contributed by atoms with Crippen LogP contribution in [-0.2, 0) is 9.59 Å². The summed E-state index contributed by atoms with van der Waals surface area (Å²) in [5.74, 6) is -1.80. The number of hydrogen-bond acceptors (Lipinski definition) is 5. The van der Waals surface area contributed by atoms with Crippen molar-refractivity contribution >= 4 is 46.3 Å². The van der Waals surface area contributed by atoms with Gasteiger partial charge in [0.15, 0.2) is 0 Å². The molecule has 192 valence electrons. The molecule has 2 heterocycles. The molecule has 3 aromatic rings. The highest BCUT2D eigenvalue weighted by atomic mass is 32.2. The van der Waals surface area contributed by atoms with Crippen molar-refractivity contribution in [2.75, 3.05) is 29.9 Å². The molecule has 0 unspecified atom stereocenters. The maximum absolute atomic E-state index is 13.8. The van der Waals surface area contributed by atoms with Crippen molar-refractivity contribution < 1.29 is 18.8 Å². The van der Waals surface area contributed by atoms with Crippen molar-refractivity contribution in [3.63, 3.8) is 0 Å². The Balaban J connectivity index is 1.52. The zero-order valence-electron chi connectivity index (χ0n) is 21.2. The largest absolute Gasteiger partial charge is 0.372 e. The number of hydrogen-bond donors (Lipinski definition) is 1. The second-order valence-corrected chi connectivity index (χ2v) is 9.64. The number of anilines is 2. The lowest BCUT2D eigenvalue weighted by atomic mass is 10.2. The number of benzene rings is 2. The van der Waals surface area contributed by atoms with E-state index in [1.54, 1.807) is 12.1 Å². The van der Waals surface area contributed by atoms with Gasteiger partial charge in [0.1, 0.15) is 12.4 Å². The summed E-state index contributed by atoms with van der Waals surface area (Å²) < 4.78 is 15.9. The molecule has 1 aromatic heterocycles. The first-order chi connectivity index (χ1) is 17.7. The highest BCUT2D eigenvalue weighted by Crippen LogP contribution is 2.34. The third-order valence-electron chi connectivity index (χ3n) is 6.32. The predicted molar refractivity (Wildman–Crippen MR) is 147 cm³/mol. The second kappa shape index (κ2) is 11.0. The summed E-state index contributed by atoms with van der Waals surface area (Å²) in [5, 5.41) is 1.86. The molecule has 0 atom stereocenters. The zero-order chi connectivity index (χ0) is 26.7. The number of para-hydroxylation sites is 1. The minimum atomic E-state index is -0.653. The van der Waals surface area contributed by atoms with Crippen LogP contribution in [0.2, 0.25) is 0 Å². The van der Waals surface area contributed by atoms with Crippen LogP contribution < -0.4 is 10.2 Å². The number of carbonyl (C=O) groups excluding carboxylic acids is 3. The van der Waals surface area contributed by atoms with Gasteiger partial charge in [-0.2, -0.15) is 0 Å². The number of halogens is 1. The summed E-state index contributed by atoms with van der Waals surface area (Å²) >= 11 is 0.788. The van der Waals surface area contributed by atoms with E-state index < -0.39 is 29.4 Å². The summed E-state index contributed by atoms with van der Waals surface area (Å²) in [4.78, 5) is 41.2. The Morgan fingerprint density at radius 2 is 1.73 bits per heavy atom. The Kier molecular flexibility index (Phi) is 7.83. The van der Waals surface area contributed by atoms with E-state index in [1.165, 1.54) is 18.2 Å². The second-order valence-electron chi connectivity index (χ2n) is 8.65. The standard InChI is InChI=1S/C28H29FN4O3S/c1-5-31(6-2)21-11-13-22(14-12-21)33-18(3)15-20(19(33)4)16-25-27(35)32(28(36)37-25)17-26(34)30-24-10-8-7-9-23(24)29/h7-16H,5-6,17H2,1-4H3,(H,30,34)/b25-16-. The number of imide groups is 1. The van der Waals surface area contributed by atoms with Gasteiger partial charge in [-0.15, -0.1) is 0 Å². The molecule has 4 rings (SSSR count). The molecule has 9 heteroatoms. The molecule has 2 aromatic carbocycles. The van der Waals surface area contributed by atoms with Gasteiger partial charge in [0.05, 0.1) is 10.6 Å². The van der Waals surface area contributed by atoms with Crippen LogP contribution in [0.25, 0.3) is 11.8 Å². The van der Waals surface area contributed by atoms with Crippen LogP contribution in [0.3, 0.4) is 0 Å². The van der Waals surface area contributed by atoms with Crippen molar-refractivity contribution in [1.29, 1.82) is 0 Å². The fourth-order valence-electron chi connectivity index (χ4n) is 4.41. The molecule has 0 aliphatic carbocycles. The minimum Gasteiger partial charge on any atom is -0.372 e. The van der Waals surface area contributed by atoms with E-state index >= 15 is 0 Å². The monoisotopic (exact) mass is 520 g/mol. The molecule has 0 bridgehead atoms. The van der Waals surface area contributed by atoms with Gasteiger partial charge >= 0.3 is 0 Å². The molecule has 0 spiro atoms. The molecule has 37 heavy (non-hydrogen) atoms. The summed E-state index contributed by atoms with van der Waals surface area (Å²) in [6.45, 7) is 9.57. The zero-order valence-corrected chi connectivity index (χ0v) is 22.1. The van der Waals surface area contributed by atoms with Gasteiger partial charge in [0, 0.05) is 35.9 Å². The van der Waals surface area contributed by atoms with Gasteiger partial charge in [-0.05, 0) is 93.6 Å². The first kappa shape index (κ1) is 26.2. The predicted octanol–water partition coefficient (Wildman–Crippen LogP) is 5.75. The van der Waals surface area contributed by atoms with Gasteiger partial charge < -0.3 is 14.8 Å². The van der Waals surface area contributed by atoms with Gasteiger partial charge in [-0.1, -0.05) is 12.1 Å². The fourth-order valence-corrected chi connectivity index (χ4v) is 5.23. The molecule has 0 radical (unpaired) electrons. The van der Waals surface area contributed by atoms with Crippen LogP contribution in [0.4, 0.5) is 20.6 Å². The van der Waals surface area contributed by atoms with Gasteiger partial charge in [-0.3, -0.25) is 19.3 Å². The van der Waals surface area contributed by atoms with E-state index in [0.717, 1.165) is 58.1 Å². The quantitative estimate of drug-likeness (QED) is 0.383. The summed E-state index contributed by atoms with van der Waals surface area (Å²) in [6, 6.07) is 16.0. The van der Waals surface area contributed by atoms with E-state index in [2.05, 4.69) is 52.9 Å². The third kappa shape index (κ3) is 5.46. The Bertz CT molecular complexity index is 1380. The van der Waals surface area contributed by atoms with Crippen LogP contribution in [0.5, 0.6) is 0 Å². The number of thioether (sulfide) groups is 1. The smallest absolute Gasteiger partial charge is 0.294 e. The van der Waals surface area contributed by atoms with Crippen LogP contribution in [0.15, 0.2) is 59.5 Å². The highest BCUT2D eigenvalue weighted by molar-refractivity contribution is 8.18. The Morgan fingerprint density at radius 3 is 2.38 bits per heavy atom. The average Bonchev–Trinajstić information content (AvgIpc) is 3.30. The molecule has 1 fully saturated rings. The molecule has 1 aliphatic heterocycles. The van der Waals surface area contributed by atoms with E-state index in [1.807, 2.05) is 19.9 Å². The van der Waals surface area contributed by atoms with Gasteiger partial charge in [0.2, 0.25) is 5.91 Å². The molecule has 3 amide bonds. The molecule has 0 saturated carbocycles. The van der Waals surface area contributed by atoms with E-state index in [4.69, 9.17) is 0 Å². The summed E-state index contributed by atoms with van der Waals surface area (Å²) in [5.41, 5.74) is 4.88. The van der Waals surface area contributed by atoms with E-state index in [9.17, 15) is 18.8 Å². The molecule has 1 aliphatic rings. The van der Waals surface area contributed by atoms with E-state index in [0.29, 0.717) is 0 Å². The maximum atomic E-state index is 13.8.